The summed E-state index contributed by atoms with van der Waals surface area (Å²) in [5.74, 6) is -1.74. The van der Waals surface area contributed by atoms with Gasteiger partial charge in [0.25, 0.3) is 0 Å². The van der Waals surface area contributed by atoms with Gasteiger partial charge in [-0.25, -0.2) is 13.2 Å². The predicted octanol–water partition coefficient (Wildman–Crippen LogP) is 10.2. The fourth-order valence-corrected chi connectivity index (χ4v) is 12.0. The number of carbonyl (C=O) groups is 1. The maximum absolute atomic E-state index is 15.1. The van der Waals surface area contributed by atoms with Crippen LogP contribution in [0.3, 0.4) is 0 Å². The van der Waals surface area contributed by atoms with Crippen LogP contribution in [-0.2, 0) is 19.6 Å². The average molecular weight is 931 g/mol. The van der Waals surface area contributed by atoms with Crippen molar-refractivity contribution in [2.75, 3.05) is 40.0 Å². The molecule has 6 rings (SSSR count). The number of benzene rings is 2. The molecule has 3 aliphatic rings. The third-order valence-electron chi connectivity index (χ3n) is 13.7. The first kappa shape index (κ1) is 51.1. The van der Waals surface area contributed by atoms with Gasteiger partial charge in [-0.05, 0) is 86.8 Å². The standard InChI is InChI=1S/C52H74N4O9S/c1-5-8-9-10-11-12-13-14-15-18-30-54-51(59)64-40-28-29-45-43(36-40)48-41(26-17-20-33-58)39(23-16-19-32-57)35-42-44(55-63-7-3)37-47(52(65-45,49(42)48)62-34-6-2)56(4)66(60,61)46-27-21-24-38-25-22-31-53-50(38)46/h6,21-22,24-25,27-29,31,35-36,39,41,47-49,57-58H,2,5,7-20,23,26,30,32-34,37H2,1,3-4H3,(H,54,59)/t39-,41+,47-,48+,49+,52+/m0/s1. The molecule has 3 aromatic rings. The van der Waals surface area contributed by atoms with Gasteiger partial charge in [-0.2, -0.15) is 4.31 Å². The van der Waals surface area contributed by atoms with E-state index in [0.717, 1.165) is 56.1 Å². The normalized spacial score (nSPS) is 22.9. The van der Waals surface area contributed by atoms with Crippen LogP contribution in [0.4, 0.5) is 4.79 Å². The van der Waals surface area contributed by atoms with Crippen LogP contribution in [0.5, 0.6) is 11.5 Å². The molecule has 6 atom stereocenters. The number of carbonyl (C=O) groups excluding carboxylic acids is 1. The van der Waals surface area contributed by atoms with Crippen LogP contribution in [0.25, 0.3) is 10.9 Å². The number of unbranched alkanes of at least 4 members (excludes halogenated alkanes) is 11. The molecule has 2 aliphatic carbocycles. The Balaban J connectivity index is 1.39. The molecule has 1 fully saturated rings. The molecule has 1 aliphatic heterocycles. The van der Waals surface area contributed by atoms with E-state index in [-0.39, 0.29) is 48.9 Å². The molecule has 0 saturated heterocycles. The van der Waals surface area contributed by atoms with Crippen molar-refractivity contribution in [3.05, 3.63) is 84.6 Å². The Bertz CT molecular complexity index is 2210. The summed E-state index contributed by atoms with van der Waals surface area (Å²) >= 11 is 0. The predicted molar refractivity (Wildman–Crippen MR) is 259 cm³/mol. The lowest BCUT2D eigenvalue weighted by Crippen LogP contribution is -2.69. The average Bonchev–Trinajstić information content (AvgIpc) is 3.32. The first-order valence-electron chi connectivity index (χ1n) is 24.6. The number of aliphatic hydroxyl groups excluding tert-OH is 2. The summed E-state index contributed by atoms with van der Waals surface area (Å²) in [6.07, 6.45) is 21.4. The van der Waals surface area contributed by atoms with E-state index >= 15 is 8.42 Å². The molecule has 1 aromatic heterocycles. The van der Waals surface area contributed by atoms with Crippen LogP contribution in [0, 0.1) is 17.8 Å². The van der Waals surface area contributed by atoms with Crippen molar-refractivity contribution in [3.8, 4) is 11.5 Å². The minimum Gasteiger partial charge on any atom is -0.460 e. The SMILES string of the molecule is C=CCO[C@@]12Oc3ccc(OC(=O)NCCCCCCCCCCCC)cc3[C@H]3[C@H](CCCCO)[C@@H](CCCCO)C=C(C(=NOCC)C[C@@H]1N(C)S(=O)(=O)c1cccc4cccnc14)[C@H]32. The van der Waals surface area contributed by atoms with Crippen molar-refractivity contribution >= 4 is 32.7 Å². The van der Waals surface area contributed by atoms with Crippen LogP contribution < -0.4 is 14.8 Å². The number of pyridine rings is 1. The lowest BCUT2D eigenvalue weighted by atomic mass is 9.55. The quantitative estimate of drug-likeness (QED) is 0.0362. The molecular weight excluding hydrogens is 857 g/mol. The van der Waals surface area contributed by atoms with E-state index in [2.05, 4.69) is 29.9 Å². The Kier molecular flexibility index (Phi) is 19.5. The van der Waals surface area contributed by atoms with Gasteiger partial charge in [-0.1, -0.05) is 113 Å². The number of fused-ring (bicyclic) bond motifs is 3. The number of amides is 1. The van der Waals surface area contributed by atoms with Gasteiger partial charge in [-0.3, -0.25) is 4.98 Å². The molecule has 0 unspecified atom stereocenters. The molecular formula is C52H74N4O9S. The first-order valence-corrected chi connectivity index (χ1v) is 26.1. The number of allylic oxidation sites excluding steroid dienone is 1. The molecule has 1 saturated carbocycles. The van der Waals surface area contributed by atoms with Crippen molar-refractivity contribution in [3.63, 3.8) is 0 Å². The van der Waals surface area contributed by atoms with E-state index in [1.165, 1.54) is 49.3 Å². The van der Waals surface area contributed by atoms with Gasteiger partial charge in [0, 0.05) is 56.3 Å². The number of hydrogen-bond acceptors (Lipinski definition) is 11. The fourth-order valence-electron chi connectivity index (χ4n) is 10.5. The van der Waals surface area contributed by atoms with Crippen molar-refractivity contribution < 1.29 is 42.5 Å². The Hall–Kier alpha value is -4.34. The fraction of sp³-hybridized carbons (Fsp3) is 0.596. The van der Waals surface area contributed by atoms with E-state index in [4.69, 9.17) is 24.2 Å². The van der Waals surface area contributed by atoms with E-state index in [1.54, 1.807) is 49.7 Å². The Morgan fingerprint density at radius 1 is 0.955 bits per heavy atom. The maximum Gasteiger partial charge on any atom is 0.412 e. The molecule has 14 heteroatoms. The molecule has 362 valence electrons. The highest BCUT2D eigenvalue weighted by molar-refractivity contribution is 7.89. The van der Waals surface area contributed by atoms with Gasteiger partial charge < -0.3 is 34.6 Å². The number of likely N-dealkylation sites (N-methyl/N-ethyl adjacent to an activating group) is 1. The Labute approximate surface area is 393 Å². The summed E-state index contributed by atoms with van der Waals surface area (Å²) in [5, 5.41) is 28.2. The van der Waals surface area contributed by atoms with Crippen molar-refractivity contribution in [2.24, 2.45) is 22.9 Å². The number of aromatic nitrogens is 1. The van der Waals surface area contributed by atoms with Crippen LogP contribution in [0.1, 0.15) is 134 Å². The van der Waals surface area contributed by atoms with Crippen LogP contribution in [0.15, 0.2) is 89.1 Å². The van der Waals surface area contributed by atoms with E-state index in [0.29, 0.717) is 54.1 Å². The molecule has 1 amide bonds. The first-order chi connectivity index (χ1) is 32.1. The minimum atomic E-state index is -4.27. The van der Waals surface area contributed by atoms with Crippen LogP contribution >= 0.6 is 0 Å². The zero-order chi connectivity index (χ0) is 46.9. The van der Waals surface area contributed by atoms with Crippen molar-refractivity contribution in [1.29, 1.82) is 0 Å². The summed E-state index contributed by atoms with van der Waals surface area (Å²) in [6.45, 7) is 9.08. The summed E-state index contributed by atoms with van der Waals surface area (Å²) in [4.78, 5) is 23.7. The smallest absolute Gasteiger partial charge is 0.412 e. The maximum atomic E-state index is 15.1. The van der Waals surface area contributed by atoms with E-state index < -0.39 is 33.9 Å². The molecule has 0 bridgehead atoms. The molecule has 2 aromatic carbocycles. The monoisotopic (exact) mass is 931 g/mol. The molecule has 0 spiro atoms. The Morgan fingerprint density at radius 3 is 2.38 bits per heavy atom. The van der Waals surface area contributed by atoms with Gasteiger partial charge in [0.05, 0.1) is 29.8 Å². The highest BCUT2D eigenvalue weighted by atomic mass is 32.2. The summed E-state index contributed by atoms with van der Waals surface area (Å²) in [5.41, 5.74) is 2.61. The minimum absolute atomic E-state index is 0.00933. The third-order valence-corrected chi connectivity index (χ3v) is 15.5. The zero-order valence-electron chi connectivity index (χ0n) is 39.5. The van der Waals surface area contributed by atoms with Gasteiger partial charge in [0.15, 0.2) is 0 Å². The molecule has 66 heavy (non-hydrogen) atoms. The number of rotatable bonds is 28. The second-order valence-electron chi connectivity index (χ2n) is 18.0. The lowest BCUT2D eigenvalue weighted by Gasteiger charge is -2.59. The number of para-hydroxylation sites is 1. The van der Waals surface area contributed by atoms with E-state index in [1.807, 2.05) is 25.1 Å². The summed E-state index contributed by atoms with van der Waals surface area (Å²) in [6, 6.07) is 13.2. The van der Waals surface area contributed by atoms with Crippen LogP contribution in [0.2, 0.25) is 0 Å². The van der Waals surface area contributed by atoms with Gasteiger partial charge in [-0.15, -0.1) is 6.58 Å². The number of nitrogens with zero attached hydrogens (tertiary/aromatic N) is 3. The molecule has 3 N–H and O–H groups in total. The molecule has 0 radical (unpaired) electrons. The number of ether oxygens (including phenoxy) is 3. The van der Waals surface area contributed by atoms with Crippen LogP contribution in [-0.4, -0.2) is 91.6 Å². The molecule has 2 heterocycles. The van der Waals surface area contributed by atoms with Gasteiger partial charge in [0.2, 0.25) is 15.8 Å². The second kappa shape index (κ2) is 25.1. The third kappa shape index (κ3) is 12.0. The number of sulfonamides is 1. The largest absolute Gasteiger partial charge is 0.460 e. The number of nitrogens with one attached hydrogen (secondary N) is 1. The van der Waals surface area contributed by atoms with E-state index in [9.17, 15) is 15.0 Å². The van der Waals surface area contributed by atoms with Crippen molar-refractivity contribution in [1.82, 2.24) is 14.6 Å². The highest BCUT2D eigenvalue weighted by Gasteiger charge is 2.65. The zero-order valence-corrected chi connectivity index (χ0v) is 40.3. The highest BCUT2D eigenvalue weighted by Crippen LogP contribution is 2.62. The van der Waals surface area contributed by atoms with Gasteiger partial charge in [0.1, 0.15) is 23.0 Å². The summed E-state index contributed by atoms with van der Waals surface area (Å²) < 4.78 is 51.7. The second-order valence-corrected chi connectivity index (χ2v) is 20.0. The van der Waals surface area contributed by atoms with Gasteiger partial charge >= 0.3 is 6.09 Å². The number of oxime groups is 1. The number of aliphatic hydroxyl groups is 2. The molecule has 13 nitrogen and oxygen atoms in total. The Morgan fingerprint density at radius 2 is 1.67 bits per heavy atom. The topological polar surface area (TPSA) is 169 Å². The summed E-state index contributed by atoms with van der Waals surface area (Å²) in [7, 11) is -2.71. The van der Waals surface area contributed by atoms with Crippen molar-refractivity contribution in [2.45, 2.75) is 146 Å². The number of hydrogen-bond donors (Lipinski definition) is 3. The lowest BCUT2D eigenvalue weighted by molar-refractivity contribution is -0.250.